The Kier molecular flexibility index (Phi) is 6.76. The van der Waals surface area contributed by atoms with Gasteiger partial charge in [-0.2, -0.15) is 13.3 Å². The summed E-state index contributed by atoms with van der Waals surface area (Å²) in [6.07, 6.45) is 3.30. The summed E-state index contributed by atoms with van der Waals surface area (Å²) in [5, 5.41) is 11.6. The molecule has 1 N–H and O–H groups in total. The van der Waals surface area contributed by atoms with Crippen molar-refractivity contribution in [3.8, 4) is 5.88 Å². The maximum atomic E-state index is 13.3. The van der Waals surface area contributed by atoms with E-state index in [1.165, 1.54) is 8.71 Å². The van der Waals surface area contributed by atoms with Crippen molar-refractivity contribution in [2.45, 2.75) is 18.0 Å². The lowest BCUT2D eigenvalue weighted by molar-refractivity contribution is -0.672. The standard InChI is InChI=1S/C25H24ClN5O4S/c26-22-10-9-19(16-27-22)17-31-23-8-4-5-11-30(23)24(32)21(25(31)33)18-28-12-14-29(15-13-28)36(34,35)20-6-2-1-3-7-20/h1-11,16H,12-15,17-18H2/p+1. The minimum absolute atomic E-state index is 0.125. The SMILES string of the molecule is O=c1c(CN2CCN(S(=O)(=O)c3ccccc3)CC2)c(O)[n+](Cc2ccc(Cl)nc2)c2ccccn12. The van der Waals surface area contributed by atoms with Crippen LogP contribution >= 0.6 is 11.6 Å². The molecular weight excluding hydrogens is 502 g/mol. The smallest absolute Gasteiger partial charge is 0.350 e. The van der Waals surface area contributed by atoms with Gasteiger partial charge in [0.25, 0.3) is 11.5 Å². The maximum Gasteiger partial charge on any atom is 0.350 e. The van der Waals surface area contributed by atoms with Gasteiger partial charge >= 0.3 is 5.56 Å². The van der Waals surface area contributed by atoms with Gasteiger partial charge in [0.05, 0.1) is 11.1 Å². The van der Waals surface area contributed by atoms with Crippen LogP contribution in [0.5, 0.6) is 5.88 Å². The second-order valence-electron chi connectivity index (χ2n) is 8.60. The lowest BCUT2D eigenvalue weighted by Gasteiger charge is -2.33. The zero-order valence-corrected chi connectivity index (χ0v) is 20.9. The molecule has 0 bridgehead atoms. The average molecular weight is 527 g/mol. The summed E-state index contributed by atoms with van der Waals surface area (Å²) in [5.74, 6) is -0.125. The second-order valence-corrected chi connectivity index (χ2v) is 10.9. The molecule has 1 aliphatic heterocycles. The Morgan fingerprint density at radius 1 is 0.972 bits per heavy atom. The van der Waals surface area contributed by atoms with E-state index in [4.69, 9.17) is 11.6 Å². The first-order valence-electron chi connectivity index (χ1n) is 11.5. The van der Waals surface area contributed by atoms with E-state index in [1.807, 2.05) is 11.0 Å². The highest BCUT2D eigenvalue weighted by molar-refractivity contribution is 7.89. The molecule has 11 heteroatoms. The monoisotopic (exact) mass is 526 g/mol. The van der Waals surface area contributed by atoms with Crippen LogP contribution in [0.2, 0.25) is 5.15 Å². The third-order valence-electron chi connectivity index (χ3n) is 6.34. The molecule has 186 valence electrons. The van der Waals surface area contributed by atoms with Crippen molar-refractivity contribution in [2.75, 3.05) is 26.2 Å². The molecule has 1 aliphatic rings. The Morgan fingerprint density at radius 3 is 2.39 bits per heavy atom. The number of halogens is 1. The molecule has 4 aromatic rings. The van der Waals surface area contributed by atoms with Crippen LogP contribution in [0.1, 0.15) is 11.1 Å². The third-order valence-corrected chi connectivity index (χ3v) is 8.48. The Hall–Kier alpha value is -3.31. The van der Waals surface area contributed by atoms with Crippen molar-refractivity contribution in [1.29, 1.82) is 0 Å². The van der Waals surface area contributed by atoms with Gasteiger partial charge in [0.2, 0.25) is 10.0 Å². The Bertz CT molecular complexity index is 1550. The molecule has 1 saturated heterocycles. The average Bonchev–Trinajstić information content (AvgIpc) is 2.91. The Balaban J connectivity index is 1.41. The predicted octanol–water partition coefficient (Wildman–Crippen LogP) is 1.90. The van der Waals surface area contributed by atoms with Gasteiger partial charge in [-0.1, -0.05) is 41.9 Å². The zero-order valence-electron chi connectivity index (χ0n) is 19.4. The topological polar surface area (TPSA) is 99.1 Å². The van der Waals surface area contributed by atoms with Crippen LogP contribution in [0.25, 0.3) is 5.65 Å². The Labute approximate surface area is 213 Å². The minimum Gasteiger partial charge on any atom is -0.477 e. The van der Waals surface area contributed by atoms with Crippen molar-refractivity contribution < 1.29 is 18.1 Å². The lowest BCUT2D eigenvalue weighted by atomic mass is 10.2. The van der Waals surface area contributed by atoms with Crippen LogP contribution in [0.4, 0.5) is 0 Å². The maximum absolute atomic E-state index is 13.3. The van der Waals surface area contributed by atoms with E-state index in [0.29, 0.717) is 43.5 Å². The van der Waals surface area contributed by atoms with Gasteiger partial charge in [-0.3, -0.25) is 4.90 Å². The summed E-state index contributed by atoms with van der Waals surface area (Å²) in [5.41, 5.74) is 1.29. The van der Waals surface area contributed by atoms with Crippen molar-refractivity contribution in [3.63, 3.8) is 0 Å². The summed E-state index contributed by atoms with van der Waals surface area (Å²) in [7, 11) is -3.58. The van der Waals surface area contributed by atoms with E-state index in [0.717, 1.165) is 5.56 Å². The molecule has 1 aromatic carbocycles. The fourth-order valence-corrected chi connectivity index (χ4v) is 5.96. The van der Waals surface area contributed by atoms with E-state index < -0.39 is 10.0 Å². The first-order chi connectivity index (χ1) is 17.3. The van der Waals surface area contributed by atoms with Gasteiger partial charge in [0.1, 0.15) is 17.3 Å². The van der Waals surface area contributed by atoms with Crippen molar-refractivity contribution in [2.24, 2.45) is 0 Å². The number of aromatic nitrogens is 3. The first kappa shape index (κ1) is 24.4. The van der Waals surface area contributed by atoms with E-state index in [1.54, 1.807) is 71.6 Å². The molecule has 0 spiro atoms. The first-order valence-corrected chi connectivity index (χ1v) is 13.3. The highest BCUT2D eigenvalue weighted by atomic mass is 35.5. The normalized spacial score (nSPS) is 15.4. The summed E-state index contributed by atoms with van der Waals surface area (Å²) >= 11 is 5.91. The van der Waals surface area contributed by atoms with Gasteiger partial charge in [-0.25, -0.2) is 18.2 Å². The quantitative estimate of drug-likeness (QED) is 0.304. The molecule has 5 rings (SSSR count). The molecule has 0 unspecified atom stereocenters. The number of benzene rings is 1. The van der Waals surface area contributed by atoms with Crippen molar-refractivity contribution in [1.82, 2.24) is 18.6 Å². The van der Waals surface area contributed by atoms with Crippen LogP contribution in [0, 0.1) is 0 Å². The van der Waals surface area contributed by atoms with Crippen LogP contribution in [-0.4, -0.2) is 58.3 Å². The number of pyridine rings is 2. The van der Waals surface area contributed by atoms with E-state index in [-0.39, 0.29) is 28.4 Å². The number of sulfonamides is 1. The number of piperazine rings is 1. The van der Waals surface area contributed by atoms with E-state index >= 15 is 0 Å². The molecule has 1 fully saturated rings. The minimum atomic E-state index is -3.58. The summed E-state index contributed by atoms with van der Waals surface area (Å²) in [6, 6.07) is 17.2. The number of rotatable bonds is 6. The van der Waals surface area contributed by atoms with Gasteiger partial charge in [-0.05, 0) is 24.3 Å². The van der Waals surface area contributed by atoms with Gasteiger partial charge in [-0.15, -0.1) is 0 Å². The number of hydrogen-bond donors (Lipinski definition) is 1. The van der Waals surface area contributed by atoms with Crippen LogP contribution in [0.15, 0.2) is 82.7 Å². The fraction of sp³-hybridized carbons (Fsp3) is 0.240. The molecule has 0 aliphatic carbocycles. The third kappa shape index (κ3) is 4.72. The molecule has 0 saturated carbocycles. The largest absolute Gasteiger partial charge is 0.477 e. The molecular formula is C25H25ClN5O4S+. The van der Waals surface area contributed by atoms with E-state index in [9.17, 15) is 18.3 Å². The Morgan fingerprint density at radius 2 is 1.69 bits per heavy atom. The molecule has 3 aromatic heterocycles. The molecule has 0 atom stereocenters. The second kappa shape index (κ2) is 9.98. The van der Waals surface area contributed by atoms with Gasteiger partial charge in [0, 0.05) is 50.6 Å². The number of fused-ring (bicyclic) bond motifs is 1. The number of nitrogens with zero attached hydrogens (tertiary/aromatic N) is 5. The molecule has 36 heavy (non-hydrogen) atoms. The highest BCUT2D eigenvalue weighted by Gasteiger charge is 2.31. The van der Waals surface area contributed by atoms with Crippen molar-refractivity contribution >= 4 is 27.3 Å². The van der Waals surface area contributed by atoms with Gasteiger partial charge < -0.3 is 5.11 Å². The van der Waals surface area contributed by atoms with Crippen LogP contribution in [-0.2, 0) is 23.1 Å². The molecule has 9 nitrogen and oxygen atoms in total. The van der Waals surface area contributed by atoms with Crippen molar-refractivity contribution in [3.05, 3.63) is 99.7 Å². The molecule has 4 heterocycles. The predicted molar refractivity (Wildman–Crippen MR) is 134 cm³/mol. The van der Waals surface area contributed by atoms with Gasteiger partial charge in [0.15, 0.2) is 0 Å². The molecule has 0 amide bonds. The highest BCUT2D eigenvalue weighted by Crippen LogP contribution is 2.19. The van der Waals surface area contributed by atoms with Crippen LogP contribution in [0.3, 0.4) is 0 Å². The lowest BCUT2D eigenvalue weighted by Crippen LogP contribution is -2.49. The fourth-order valence-electron chi connectivity index (χ4n) is 4.41. The van der Waals surface area contributed by atoms with E-state index in [2.05, 4.69) is 4.98 Å². The summed E-state index contributed by atoms with van der Waals surface area (Å²) in [4.78, 5) is 19.7. The molecule has 0 radical (unpaired) electrons. The zero-order chi connectivity index (χ0) is 25.3. The summed E-state index contributed by atoms with van der Waals surface area (Å²) in [6.45, 7) is 1.94. The number of aromatic hydroxyl groups is 1. The van der Waals surface area contributed by atoms with Crippen LogP contribution < -0.4 is 10.1 Å². The number of hydrogen-bond acceptors (Lipinski definition) is 6. The summed E-state index contributed by atoms with van der Waals surface area (Å²) < 4.78 is 30.5.